The molecule has 0 spiro atoms. The Kier molecular flexibility index (Phi) is 6.36. The second kappa shape index (κ2) is 8.55. The molecule has 1 aliphatic heterocycles. The van der Waals surface area contributed by atoms with E-state index in [9.17, 15) is 9.59 Å². The Balaban J connectivity index is 1.93. The van der Waals surface area contributed by atoms with E-state index in [1.165, 1.54) is 16.7 Å². The molecule has 5 nitrogen and oxygen atoms in total. The van der Waals surface area contributed by atoms with Gasteiger partial charge in [0.25, 0.3) is 5.91 Å². The number of anilines is 1. The van der Waals surface area contributed by atoms with E-state index in [1.807, 2.05) is 12.1 Å². The summed E-state index contributed by atoms with van der Waals surface area (Å²) in [5.74, 6) is -0.948. The Labute approximate surface area is 181 Å². The van der Waals surface area contributed by atoms with Gasteiger partial charge in [-0.2, -0.15) is 0 Å². The highest BCUT2D eigenvalue weighted by molar-refractivity contribution is 9.10. The number of hydrogen-bond acceptors (Lipinski definition) is 5. The minimum atomic E-state index is -1.08. The smallest absolute Gasteiger partial charge is 0.341 e. The van der Waals surface area contributed by atoms with Gasteiger partial charge >= 0.3 is 5.97 Å². The minimum absolute atomic E-state index is 0.239. The van der Waals surface area contributed by atoms with Gasteiger partial charge in [-0.3, -0.25) is 9.69 Å². The maximum Gasteiger partial charge on any atom is 0.341 e. The summed E-state index contributed by atoms with van der Waals surface area (Å²) in [5, 5.41) is 8.83. The van der Waals surface area contributed by atoms with Gasteiger partial charge in [-0.05, 0) is 48.5 Å². The van der Waals surface area contributed by atoms with Crippen LogP contribution in [0.5, 0.6) is 5.75 Å². The lowest BCUT2D eigenvalue weighted by Gasteiger charge is -2.14. The number of carboxylic acids is 1. The number of aliphatic carboxylic acids is 1. The molecule has 0 unspecified atom stereocenters. The summed E-state index contributed by atoms with van der Waals surface area (Å²) in [5.41, 5.74) is 1.27. The second-order valence-corrected chi connectivity index (χ2v) is 8.87. The van der Waals surface area contributed by atoms with Crippen molar-refractivity contribution in [3.05, 3.63) is 61.9 Å². The summed E-state index contributed by atoms with van der Waals surface area (Å²) in [6.07, 6.45) is 1.65. The van der Waals surface area contributed by atoms with Crippen LogP contribution in [-0.2, 0) is 9.59 Å². The number of nitrogens with zero attached hydrogens (tertiary/aromatic N) is 1. The second-order valence-electron chi connectivity index (χ2n) is 5.36. The van der Waals surface area contributed by atoms with Crippen LogP contribution in [0.15, 0.2) is 56.3 Å². The lowest BCUT2D eigenvalue weighted by atomic mass is 10.2. The quantitative estimate of drug-likeness (QED) is 0.431. The van der Waals surface area contributed by atoms with Gasteiger partial charge < -0.3 is 9.84 Å². The number of carbonyl (C=O) groups is 2. The number of hydrogen-bond donors (Lipinski definition) is 1. The Morgan fingerprint density at radius 3 is 2.52 bits per heavy atom. The Bertz CT molecular complexity index is 960. The molecule has 0 radical (unpaired) electrons. The molecule has 0 bridgehead atoms. The highest BCUT2D eigenvalue weighted by atomic mass is 79.9. The molecule has 2 aromatic carbocycles. The summed E-state index contributed by atoms with van der Waals surface area (Å²) in [7, 11) is 0. The van der Waals surface area contributed by atoms with Crippen LogP contribution in [0.25, 0.3) is 6.08 Å². The first-order valence-electron chi connectivity index (χ1n) is 7.53. The van der Waals surface area contributed by atoms with E-state index >= 15 is 0 Å². The van der Waals surface area contributed by atoms with Crippen molar-refractivity contribution in [1.82, 2.24) is 0 Å². The molecule has 138 valence electrons. The molecule has 1 heterocycles. The summed E-state index contributed by atoms with van der Waals surface area (Å²) in [6, 6.07) is 12.4. The van der Waals surface area contributed by atoms with Crippen molar-refractivity contribution in [2.45, 2.75) is 0 Å². The van der Waals surface area contributed by atoms with Crippen LogP contribution in [-0.4, -0.2) is 27.9 Å². The van der Waals surface area contributed by atoms with E-state index < -0.39 is 12.6 Å². The third-order valence-electron chi connectivity index (χ3n) is 3.49. The number of thiocarbonyl (C=S) groups is 1. The predicted octanol–water partition coefficient (Wildman–Crippen LogP) is 5.08. The maximum atomic E-state index is 12.9. The van der Waals surface area contributed by atoms with Crippen LogP contribution < -0.4 is 9.64 Å². The third kappa shape index (κ3) is 4.78. The van der Waals surface area contributed by atoms with Gasteiger partial charge in [-0.1, -0.05) is 55.8 Å². The first-order chi connectivity index (χ1) is 12.8. The number of halogens is 2. The monoisotopic (exact) mass is 527 g/mol. The number of amides is 1. The first kappa shape index (κ1) is 20.1. The number of carboxylic acid groups (broad SMARTS) is 1. The van der Waals surface area contributed by atoms with Crippen molar-refractivity contribution in [2.24, 2.45) is 0 Å². The fourth-order valence-corrected chi connectivity index (χ4v) is 4.26. The van der Waals surface area contributed by atoms with E-state index in [4.69, 9.17) is 22.1 Å². The summed E-state index contributed by atoms with van der Waals surface area (Å²) >= 11 is 13.3. The van der Waals surface area contributed by atoms with Crippen LogP contribution in [0.1, 0.15) is 5.56 Å². The fourth-order valence-electron chi connectivity index (χ4n) is 2.32. The van der Waals surface area contributed by atoms with Gasteiger partial charge in [-0.15, -0.1) is 0 Å². The molecule has 1 amide bonds. The number of benzene rings is 2. The molecular weight excluding hydrogens is 518 g/mol. The Hall–Kier alpha value is -1.68. The Morgan fingerprint density at radius 1 is 1.19 bits per heavy atom. The van der Waals surface area contributed by atoms with Crippen LogP contribution >= 0.6 is 55.8 Å². The zero-order chi connectivity index (χ0) is 19.6. The average molecular weight is 529 g/mol. The summed E-state index contributed by atoms with van der Waals surface area (Å²) in [4.78, 5) is 25.5. The van der Waals surface area contributed by atoms with Gasteiger partial charge in [0.15, 0.2) is 10.9 Å². The number of ether oxygens (including phenoxy) is 1. The van der Waals surface area contributed by atoms with Gasteiger partial charge in [0, 0.05) is 14.5 Å². The third-order valence-corrected chi connectivity index (χ3v) is 5.81. The van der Waals surface area contributed by atoms with Crippen LogP contribution in [0.2, 0.25) is 0 Å². The van der Waals surface area contributed by atoms with Crippen molar-refractivity contribution in [2.75, 3.05) is 11.5 Å². The molecule has 0 atom stereocenters. The highest BCUT2D eigenvalue weighted by Crippen LogP contribution is 2.37. The van der Waals surface area contributed by atoms with Crippen LogP contribution in [0.3, 0.4) is 0 Å². The fraction of sp³-hybridized carbons (Fsp3) is 0.0556. The molecular formula is C18H11Br2NO4S2. The number of carbonyl (C=O) groups excluding carboxylic acids is 1. The van der Waals surface area contributed by atoms with Gasteiger partial charge in [0.05, 0.1) is 10.6 Å². The predicted molar refractivity (Wildman–Crippen MR) is 117 cm³/mol. The molecule has 9 heteroatoms. The molecule has 1 saturated heterocycles. The highest BCUT2D eigenvalue weighted by Gasteiger charge is 2.33. The van der Waals surface area contributed by atoms with Crippen LogP contribution in [0.4, 0.5) is 5.69 Å². The minimum Gasteiger partial charge on any atom is -0.481 e. The molecule has 0 aromatic heterocycles. The molecule has 3 rings (SSSR count). The van der Waals surface area contributed by atoms with E-state index in [0.717, 1.165) is 8.95 Å². The van der Waals surface area contributed by atoms with Crippen molar-refractivity contribution >= 4 is 83.8 Å². The first-order valence-corrected chi connectivity index (χ1v) is 10.3. The largest absolute Gasteiger partial charge is 0.481 e. The van der Waals surface area contributed by atoms with Crippen LogP contribution in [0, 0.1) is 0 Å². The van der Waals surface area contributed by atoms with E-state index in [1.54, 1.807) is 36.4 Å². The zero-order valence-electron chi connectivity index (χ0n) is 13.5. The molecule has 0 aliphatic carbocycles. The Morgan fingerprint density at radius 2 is 1.85 bits per heavy atom. The number of rotatable bonds is 5. The van der Waals surface area contributed by atoms with E-state index in [-0.39, 0.29) is 5.91 Å². The van der Waals surface area contributed by atoms with E-state index in [2.05, 4.69) is 31.9 Å². The van der Waals surface area contributed by atoms with Crippen molar-refractivity contribution in [3.8, 4) is 5.75 Å². The van der Waals surface area contributed by atoms with Crippen molar-refractivity contribution in [3.63, 3.8) is 0 Å². The molecule has 0 saturated carbocycles. The summed E-state index contributed by atoms with van der Waals surface area (Å²) in [6.45, 7) is -0.470. The van der Waals surface area contributed by atoms with E-state index in [0.29, 0.717) is 26.2 Å². The molecule has 1 N–H and O–H groups in total. The van der Waals surface area contributed by atoms with Crippen molar-refractivity contribution < 1.29 is 19.4 Å². The molecule has 1 fully saturated rings. The standard InChI is InChI=1S/C18H11Br2NO4S2/c19-11-1-4-13(5-2-11)21-17(24)15(27-18(21)26)8-10-7-12(20)3-6-14(10)25-9-16(22)23/h1-8H,9H2,(H,22,23)/b15-8+. The van der Waals surface area contributed by atoms with Gasteiger partial charge in [0.2, 0.25) is 0 Å². The normalized spacial score (nSPS) is 15.5. The molecule has 1 aliphatic rings. The molecule has 27 heavy (non-hydrogen) atoms. The van der Waals surface area contributed by atoms with Crippen molar-refractivity contribution in [1.29, 1.82) is 0 Å². The number of thioether (sulfide) groups is 1. The molecule has 2 aromatic rings. The lowest BCUT2D eigenvalue weighted by Crippen LogP contribution is -2.27. The maximum absolute atomic E-state index is 12.9. The summed E-state index contributed by atoms with van der Waals surface area (Å²) < 4.78 is 7.42. The SMILES string of the molecule is O=C(O)COc1ccc(Br)cc1/C=C1/SC(=S)N(c2ccc(Br)cc2)C1=O. The van der Waals surface area contributed by atoms with Gasteiger partial charge in [0.1, 0.15) is 5.75 Å². The zero-order valence-corrected chi connectivity index (χ0v) is 18.3. The average Bonchev–Trinajstić information content (AvgIpc) is 2.89. The van der Waals surface area contributed by atoms with Gasteiger partial charge in [-0.25, -0.2) is 4.79 Å². The lowest BCUT2D eigenvalue weighted by molar-refractivity contribution is -0.139. The topological polar surface area (TPSA) is 66.8 Å².